The Hall–Kier alpha value is -2.64. The molecule has 1 aromatic rings. The van der Waals surface area contributed by atoms with Gasteiger partial charge in [0.05, 0.1) is 5.56 Å². The van der Waals surface area contributed by atoms with Crippen molar-refractivity contribution in [1.29, 1.82) is 0 Å². The number of rotatable bonds is 2. The maximum Gasteiger partial charge on any atom is 0.416 e. The van der Waals surface area contributed by atoms with Crippen molar-refractivity contribution < 1.29 is 33.0 Å². The fourth-order valence-corrected chi connectivity index (χ4v) is 1.95. The molecule has 1 amide bonds. The third-order valence-corrected chi connectivity index (χ3v) is 3.03. The SMILES string of the molecule is O=C1C=C(O)[C@](C(=O)O)(c2cccc(C(F)(F)F)c2)C=N1. The number of aliphatic carboxylic acids is 1. The highest BCUT2D eigenvalue weighted by molar-refractivity contribution is 6.12. The molecular weight excluding hydrogens is 291 g/mol. The number of aliphatic imine (C=N–C) groups is 1. The van der Waals surface area contributed by atoms with Crippen LogP contribution in [0.3, 0.4) is 0 Å². The molecule has 0 radical (unpaired) electrons. The number of aliphatic hydroxyl groups is 1. The van der Waals surface area contributed by atoms with Gasteiger partial charge in [0, 0.05) is 12.3 Å². The molecule has 0 bridgehead atoms. The summed E-state index contributed by atoms with van der Waals surface area (Å²) >= 11 is 0. The average Bonchev–Trinajstić information content (AvgIpc) is 2.38. The first-order chi connectivity index (χ1) is 9.68. The van der Waals surface area contributed by atoms with Crippen molar-refractivity contribution in [3.8, 4) is 0 Å². The van der Waals surface area contributed by atoms with E-state index in [0.717, 1.165) is 18.2 Å². The van der Waals surface area contributed by atoms with Crippen molar-refractivity contribution in [1.82, 2.24) is 0 Å². The minimum Gasteiger partial charge on any atom is -0.510 e. The molecule has 1 heterocycles. The van der Waals surface area contributed by atoms with E-state index in [1.165, 1.54) is 0 Å². The smallest absolute Gasteiger partial charge is 0.416 e. The highest BCUT2D eigenvalue weighted by atomic mass is 19.4. The van der Waals surface area contributed by atoms with E-state index < -0.39 is 34.8 Å². The molecule has 2 rings (SSSR count). The fraction of sp³-hybridized carbons (Fsp3) is 0.154. The fourth-order valence-electron chi connectivity index (χ4n) is 1.95. The van der Waals surface area contributed by atoms with E-state index in [9.17, 15) is 33.0 Å². The third-order valence-electron chi connectivity index (χ3n) is 3.03. The molecule has 110 valence electrons. The van der Waals surface area contributed by atoms with Crippen LogP contribution < -0.4 is 0 Å². The number of carboxylic acid groups (broad SMARTS) is 1. The zero-order chi connectivity index (χ0) is 15.8. The number of nitrogens with zero attached hydrogens (tertiary/aromatic N) is 1. The number of hydrogen-bond donors (Lipinski definition) is 2. The molecule has 1 atom stereocenters. The summed E-state index contributed by atoms with van der Waals surface area (Å²) in [6, 6.07) is 3.49. The topological polar surface area (TPSA) is 87.0 Å². The summed E-state index contributed by atoms with van der Waals surface area (Å²) in [5.74, 6) is -3.43. The lowest BCUT2D eigenvalue weighted by Gasteiger charge is -2.27. The lowest BCUT2D eigenvalue weighted by Crippen LogP contribution is -2.42. The number of amides is 1. The summed E-state index contributed by atoms with van der Waals surface area (Å²) in [4.78, 5) is 25.8. The Bertz CT molecular complexity index is 678. The first-order valence-corrected chi connectivity index (χ1v) is 5.59. The van der Waals surface area contributed by atoms with Gasteiger partial charge in [-0.1, -0.05) is 12.1 Å². The molecule has 1 aliphatic heterocycles. The Kier molecular flexibility index (Phi) is 3.32. The molecule has 0 saturated carbocycles. The molecule has 8 heteroatoms. The van der Waals surface area contributed by atoms with E-state index in [1.54, 1.807) is 0 Å². The van der Waals surface area contributed by atoms with Crippen LogP contribution in [0.25, 0.3) is 0 Å². The van der Waals surface area contributed by atoms with Crippen LogP contribution in [0.2, 0.25) is 0 Å². The van der Waals surface area contributed by atoms with E-state index in [1.807, 2.05) is 0 Å². The third kappa shape index (κ3) is 2.39. The number of halogens is 3. The van der Waals surface area contributed by atoms with Crippen LogP contribution in [0, 0.1) is 0 Å². The van der Waals surface area contributed by atoms with Crippen LogP contribution in [-0.2, 0) is 21.2 Å². The van der Waals surface area contributed by atoms with Crippen LogP contribution in [0.5, 0.6) is 0 Å². The summed E-state index contributed by atoms with van der Waals surface area (Å²) < 4.78 is 38.1. The van der Waals surface area contributed by atoms with Crippen LogP contribution in [0.1, 0.15) is 11.1 Å². The van der Waals surface area contributed by atoms with E-state index >= 15 is 0 Å². The quantitative estimate of drug-likeness (QED) is 0.875. The minimum absolute atomic E-state index is 0.352. The molecule has 0 fully saturated rings. The predicted molar refractivity (Wildman–Crippen MR) is 65.0 cm³/mol. The van der Waals surface area contributed by atoms with Gasteiger partial charge in [0.25, 0.3) is 5.91 Å². The number of hydrogen-bond acceptors (Lipinski definition) is 3. The van der Waals surface area contributed by atoms with Gasteiger partial charge in [-0.15, -0.1) is 0 Å². The minimum atomic E-state index is -4.67. The van der Waals surface area contributed by atoms with E-state index in [2.05, 4.69) is 4.99 Å². The van der Waals surface area contributed by atoms with Crippen molar-refractivity contribution in [3.63, 3.8) is 0 Å². The molecule has 0 aliphatic carbocycles. The largest absolute Gasteiger partial charge is 0.510 e. The van der Waals surface area contributed by atoms with Crippen molar-refractivity contribution in [2.45, 2.75) is 11.6 Å². The molecule has 5 nitrogen and oxygen atoms in total. The number of benzene rings is 1. The van der Waals surface area contributed by atoms with Crippen molar-refractivity contribution >= 4 is 18.1 Å². The maximum atomic E-state index is 12.7. The second kappa shape index (κ2) is 4.72. The second-order valence-corrected chi connectivity index (χ2v) is 4.32. The first-order valence-electron chi connectivity index (χ1n) is 5.59. The molecule has 0 spiro atoms. The molecule has 2 N–H and O–H groups in total. The molecule has 0 saturated heterocycles. The first kappa shape index (κ1) is 14.8. The van der Waals surface area contributed by atoms with E-state index in [-0.39, 0.29) is 5.56 Å². The molecule has 21 heavy (non-hydrogen) atoms. The Balaban J connectivity index is 2.66. The van der Waals surface area contributed by atoms with E-state index in [0.29, 0.717) is 18.4 Å². The van der Waals surface area contributed by atoms with Gasteiger partial charge >= 0.3 is 12.1 Å². The van der Waals surface area contributed by atoms with Gasteiger partial charge in [0.1, 0.15) is 5.76 Å². The van der Waals surface area contributed by atoms with Gasteiger partial charge in [-0.3, -0.25) is 9.59 Å². The number of carbonyl (C=O) groups is 2. The number of carboxylic acids is 1. The number of carbonyl (C=O) groups excluding carboxylic acids is 1. The molecule has 1 aliphatic rings. The van der Waals surface area contributed by atoms with Crippen molar-refractivity contribution in [3.05, 3.63) is 47.2 Å². The normalized spacial score (nSPS) is 22.0. The summed E-state index contributed by atoms with van der Waals surface area (Å²) in [7, 11) is 0. The summed E-state index contributed by atoms with van der Waals surface area (Å²) in [5.41, 5.74) is -3.73. The molecule has 0 unspecified atom stereocenters. The highest BCUT2D eigenvalue weighted by Crippen LogP contribution is 2.36. The summed E-state index contributed by atoms with van der Waals surface area (Å²) in [6.07, 6.45) is -3.48. The van der Waals surface area contributed by atoms with Gasteiger partial charge < -0.3 is 10.2 Å². The Labute approximate surface area is 116 Å². The number of alkyl halides is 3. The molecule has 1 aromatic carbocycles. The van der Waals surface area contributed by atoms with E-state index in [4.69, 9.17) is 0 Å². The Morgan fingerprint density at radius 2 is 1.95 bits per heavy atom. The van der Waals surface area contributed by atoms with Gasteiger partial charge in [0.15, 0.2) is 5.41 Å². The van der Waals surface area contributed by atoms with Gasteiger partial charge in [-0.25, -0.2) is 4.99 Å². The Morgan fingerprint density at radius 3 is 2.48 bits per heavy atom. The maximum absolute atomic E-state index is 12.7. The van der Waals surface area contributed by atoms with Gasteiger partial charge in [-0.05, 0) is 17.7 Å². The lowest BCUT2D eigenvalue weighted by molar-refractivity contribution is -0.141. The molecule has 0 aromatic heterocycles. The standard InChI is InChI=1S/C13H8F3NO4/c14-13(15,16)8-3-1-2-7(4-8)12(11(20)21)6-17-10(19)5-9(12)18/h1-6,18H,(H,20,21)/t12-/m1/s1. The van der Waals surface area contributed by atoms with Gasteiger partial charge in [-0.2, -0.15) is 13.2 Å². The zero-order valence-electron chi connectivity index (χ0n) is 10.3. The average molecular weight is 299 g/mol. The number of dihydropyridines is 1. The Morgan fingerprint density at radius 1 is 1.29 bits per heavy atom. The summed E-state index contributed by atoms with van der Waals surface area (Å²) in [6.45, 7) is 0. The predicted octanol–water partition coefficient (Wildman–Crippen LogP) is 2.08. The number of aliphatic hydroxyl groups excluding tert-OH is 1. The molecular formula is C13H8F3NO4. The zero-order valence-corrected chi connectivity index (χ0v) is 10.3. The van der Waals surface area contributed by atoms with Crippen LogP contribution in [0.4, 0.5) is 13.2 Å². The van der Waals surface area contributed by atoms with Gasteiger partial charge in [0.2, 0.25) is 0 Å². The monoisotopic (exact) mass is 299 g/mol. The summed E-state index contributed by atoms with van der Waals surface area (Å²) in [5, 5.41) is 19.1. The van der Waals surface area contributed by atoms with Crippen LogP contribution in [0.15, 0.2) is 41.1 Å². The van der Waals surface area contributed by atoms with Crippen molar-refractivity contribution in [2.75, 3.05) is 0 Å². The lowest BCUT2D eigenvalue weighted by atomic mass is 9.78. The van der Waals surface area contributed by atoms with Crippen LogP contribution >= 0.6 is 0 Å². The highest BCUT2D eigenvalue weighted by Gasteiger charge is 2.46. The van der Waals surface area contributed by atoms with Crippen molar-refractivity contribution in [2.24, 2.45) is 4.99 Å². The second-order valence-electron chi connectivity index (χ2n) is 4.32. The van der Waals surface area contributed by atoms with Crippen LogP contribution in [-0.4, -0.2) is 28.3 Å².